The van der Waals surface area contributed by atoms with Gasteiger partial charge in [-0.05, 0) is 40.9 Å². The van der Waals surface area contributed by atoms with Crippen LogP contribution < -0.4 is 15.8 Å². The molecule has 0 saturated heterocycles. The molecule has 5 nitrogen and oxygen atoms in total. The molecule has 20 heavy (non-hydrogen) atoms. The average Bonchev–Trinajstić information content (AvgIpc) is 2.86. The van der Waals surface area contributed by atoms with Crippen LogP contribution in [0.2, 0.25) is 0 Å². The first kappa shape index (κ1) is 14.8. The van der Waals surface area contributed by atoms with E-state index in [1.54, 1.807) is 6.07 Å². The zero-order valence-electron chi connectivity index (χ0n) is 11.0. The molecule has 1 aromatic rings. The number of primary amides is 1. The number of benzene rings is 1. The fraction of sp³-hybridized carbons (Fsp3) is 0.429. The molecule has 1 fully saturated rings. The second-order valence-electron chi connectivity index (χ2n) is 4.83. The van der Waals surface area contributed by atoms with Crippen LogP contribution in [-0.2, 0) is 9.59 Å². The fourth-order valence-electron chi connectivity index (χ4n) is 2.43. The van der Waals surface area contributed by atoms with E-state index in [1.807, 2.05) is 18.2 Å². The van der Waals surface area contributed by atoms with Gasteiger partial charge in [0.25, 0.3) is 5.91 Å². The maximum Gasteiger partial charge on any atom is 0.258 e. The predicted octanol–water partition coefficient (Wildman–Crippen LogP) is 1.60. The Bertz CT molecular complexity index is 507. The lowest BCUT2D eigenvalue weighted by Gasteiger charge is -2.18. The van der Waals surface area contributed by atoms with Crippen molar-refractivity contribution in [2.45, 2.75) is 25.3 Å². The molecule has 1 saturated carbocycles. The van der Waals surface area contributed by atoms with E-state index in [1.165, 1.54) is 0 Å². The van der Waals surface area contributed by atoms with Gasteiger partial charge >= 0.3 is 0 Å². The van der Waals surface area contributed by atoms with Crippen LogP contribution in [0.1, 0.15) is 19.3 Å². The van der Waals surface area contributed by atoms with Gasteiger partial charge in [-0.3, -0.25) is 9.59 Å². The highest BCUT2D eigenvalue weighted by Crippen LogP contribution is 2.26. The van der Waals surface area contributed by atoms with Crippen molar-refractivity contribution in [1.82, 2.24) is 5.32 Å². The molecule has 1 aliphatic rings. The minimum atomic E-state index is -0.348. The third-order valence-corrected chi connectivity index (χ3v) is 4.08. The van der Waals surface area contributed by atoms with Crippen LogP contribution in [0.15, 0.2) is 28.7 Å². The largest absolute Gasteiger partial charge is 0.483 e. The Morgan fingerprint density at radius 3 is 2.80 bits per heavy atom. The van der Waals surface area contributed by atoms with Crippen molar-refractivity contribution >= 4 is 27.7 Å². The Morgan fingerprint density at radius 1 is 1.35 bits per heavy atom. The van der Waals surface area contributed by atoms with E-state index in [4.69, 9.17) is 10.5 Å². The topological polar surface area (TPSA) is 81.4 Å². The molecule has 0 aromatic heterocycles. The Labute approximate surface area is 126 Å². The Morgan fingerprint density at radius 2 is 2.10 bits per heavy atom. The number of nitrogens with one attached hydrogen (secondary N) is 1. The Kier molecular flexibility index (Phi) is 5.00. The van der Waals surface area contributed by atoms with Gasteiger partial charge in [0.15, 0.2) is 6.61 Å². The molecule has 2 rings (SSSR count). The van der Waals surface area contributed by atoms with E-state index >= 15 is 0 Å². The van der Waals surface area contributed by atoms with Gasteiger partial charge in [0, 0.05) is 6.04 Å². The van der Waals surface area contributed by atoms with Crippen LogP contribution in [-0.4, -0.2) is 24.5 Å². The average molecular weight is 341 g/mol. The number of para-hydroxylation sites is 1. The quantitative estimate of drug-likeness (QED) is 0.854. The molecule has 3 N–H and O–H groups in total. The highest BCUT2D eigenvalue weighted by Gasteiger charge is 2.32. The van der Waals surface area contributed by atoms with Gasteiger partial charge in [-0.2, -0.15) is 0 Å². The van der Waals surface area contributed by atoms with Crippen molar-refractivity contribution in [3.63, 3.8) is 0 Å². The van der Waals surface area contributed by atoms with Crippen LogP contribution in [0.5, 0.6) is 5.75 Å². The SMILES string of the molecule is NC(=O)[C@@H]1CCC[C@H]1NC(=O)COc1ccccc1Br. The van der Waals surface area contributed by atoms with E-state index in [2.05, 4.69) is 21.2 Å². The van der Waals surface area contributed by atoms with Crippen molar-refractivity contribution < 1.29 is 14.3 Å². The minimum absolute atomic E-state index is 0.0788. The zero-order chi connectivity index (χ0) is 14.5. The van der Waals surface area contributed by atoms with Crippen molar-refractivity contribution in [3.8, 4) is 5.75 Å². The Hall–Kier alpha value is -1.56. The number of halogens is 1. The minimum Gasteiger partial charge on any atom is -0.483 e. The van der Waals surface area contributed by atoms with Gasteiger partial charge in [-0.25, -0.2) is 0 Å². The summed E-state index contributed by atoms with van der Waals surface area (Å²) in [5.41, 5.74) is 5.32. The van der Waals surface area contributed by atoms with E-state index in [0.29, 0.717) is 5.75 Å². The molecule has 6 heteroatoms. The first-order valence-corrected chi connectivity index (χ1v) is 7.33. The normalized spacial score (nSPS) is 21.4. The van der Waals surface area contributed by atoms with Gasteiger partial charge in [0.1, 0.15) is 5.75 Å². The summed E-state index contributed by atoms with van der Waals surface area (Å²) in [6.45, 7) is -0.0788. The molecule has 0 aliphatic heterocycles. The Balaban J connectivity index is 1.84. The summed E-state index contributed by atoms with van der Waals surface area (Å²) in [6.07, 6.45) is 2.43. The summed E-state index contributed by atoms with van der Waals surface area (Å²) in [7, 11) is 0. The molecule has 0 unspecified atom stereocenters. The van der Waals surface area contributed by atoms with E-state index in [-0.39, 0.29) is 30.4 Å². The fourth-order valence-corrected chi connectivity index (χ4v) is 2.83. The standard InChI is InChI=1S/C14H17BrN2O3/c15-10-5-1-2-7-12(10)20-8-13(18)17-11-6-3-4-9(11)14(16)19/h1-2,5,7,9,11H,3-4,6,8H2,(H2,16,19)(H,17,18)/t9-,11-/m1/s1. The zero-order valence-corrected chi connectivity index (χ0v) is 12.6. The van der Waals surface area contributed by atoms with Crippen molar-refractivity contribution in [2.24, 2.45) is 11.7 Å². The van der Waals surface area contributed by atoms with Gasteiger partial charge in [0.2, 0.25) is 5.91 Å². The maximum absolute atomic E-state index is 11.8. The van der Waals surface area contributed by atoms with Gasteiger partial charge in [-0.1, -0.05) is 18.6 Å². The summed E-state index contributed by atoms with van der Waals surface area (Å²) in [5, 5.41) is 2.82. The molecule has 2 amide bonds. The van der Waals surface area contributed by atoms with Crippen molar-refractivity contribution in [3.05, 3.63) is 28.7 Å². The number of rotatable bonds is 5. The van der Waals surface area contributed by atoms with Crippen LogP contribution in [0.3, 0.4) is 0 Å². The van der Waals surface area contributed by atoms with Crippen LogP contribution in [0.4, 0.5) is 0 Å². The van der Waals surface area contributed by atoms with Crippen LogP contribution in [0.25, 0.3) is 0 Å². The molecule has 0 bridgehead atoms. The maximum atomic E-state index is 11.8. The summed E-state index contributed by atoms with van der Waals surface area (Å²) < 4.78 is 6.22. The van der Waals surface area contributed by atoms with Crippen molar-refractivity contribution in [1.29, 1.82) is 0 Å². The number of amides is 2. The monoisotopic (exact) mass is 340 g/mol. The first-order chi connectivity index (χ1) is 9.58. The summed E-state index contributed by atoms with van der Waals surface area (Å²) in [5.74, 6) is -0.235. The van der Waals surface area contributed by atoms with E-state index in [9.17, 15) is 9.59 Å². The lowest BCUT2D eigenvalue weighted by Crippen LogP contribution is -2.44. The number of carbonyl (C=O) groups excluding carboxylic acids is 2. The summed E-state index contributed by atoms with van der Waals surface area (Å²) in [6, 6.07) is 7.15. The number of nitrogens with two attached hydrogens (primary N) is 1. The highest BCUT2D eigenvalue weighted by molar-refractivity contribution is 9.10. The van der Waals surface area contributed by atoms with E-state index < -0.39 is 0 Å². The lowest BCUT2D eigenvalue weighted by atomic mass is 10.0. The molecule has 1 aromatic carbocycles. The molecular formula is C14H17BrN2O3. The molecule has 0 radical (unpaired) electrons. The van der Waals surface area contributed by atoms with Crippen LogP contribution in [0, 0.1) is 5.92 Å². The molecule has 1 aliphatic carbocycles. The predicted molar refractivity (Wildman–Crippen MR) is 78.1 cm³/mol. The van der Waals surface area contributed by atoms with Gasteiger partial charge < -0.3 is 15.8 Å². The van der Waals surface area contributed by atoms with Gasteiger partial charge in [0.05, 0.1) is 10.4 Å². The molecule has 2 atom stereocenters. The summed E-state index contributed by atoms with van der Waals surface area (Å²) >= 11 is 3.35. The highest BCUT2D eigenvalue weighted by atomic mass is 79.9. The molecule has 0 heterocycles. The second-order valence-corrected chi connectivity index (χ2v) is 5.69. The number of carbonyl (C=O) groups is 2. The van der Waals surface area contributed by atoms with Crippen molar-refractivity contribution in [2.75, 3.05) is 6.61 Å². The number of ether oxygens (including phenoxy) is 1. The smallest absolute Gasteiger partial charge is 0.258 e. The summed E-state index contributed by atoms with van der Waals surface area (Å²) in [4.78, 5) is 23.1. The van der Waals surface area contributed by atoms with E-state index in [0.717, 1.165) is 23.7 Å². The lowest BCUT2D eigenvalue weighted by molar-refractivity contribution is -0.125. The van der Waals surface area contributed by atoms with Crippen LogP contribution >= 0.6 is 15.9 Å². The molecule has 0 spiro atoms. The number of hydrogen-bond donors (Lipinski definition) is 2. The third kappa shape index (κ3) is 3.72. The van der Waals surface area contributed by atoms with Gasteiger partial charge in [-0.15, -0.1) is 0 Å². The molecule has 108 valence electrons. The third-order valence-electron chi connectivity index (χ3n) is 3.42. The number of hydrogen-bond acceptors (Lipinski definition) is 3. The molecular weight excluding hydrogens is 324 g/mol. The second kappa shape index (κ2) is 6.74. The first-order valence-electron chi connectivity index (χ1n) is 6.54.